The van der Waals surface area contributed by atoms with Gasteiger partial charge in [0.25, 0.3) is 0 Å². The van der Waals surface area contributed by atoms with E-state index in [2.05, 4.69) is 11.4 Å². The number of nitriles is 1. The molecular weight excluding hydrogens is 458 g/mol. The lowest BCUT2D eigenvalue weighted by Gasteiger charge is -2.32. The molecule has 10 heteroatoms. The van der Waals surface area contributed by atoms with Crippen LogP contribution in [0.25, 0.3) is 0 Å². The van der Waals surface area contributed by atoms with Gasteiger partial charge in [0, 0.05) is 18.0 Å². The van der Waals surface area contributed by atoms with Gasteiger partial charge >= 0.3 is 11.9 Å². The molecule has 0 saturated carbocycles. The molecule has 182 valence electrons. The fraction of sp³-hybridized carbons (Fsp3) is 0.458. The van der Waals surface area contributed by atoms with Crippen molar-refractivity contribution in [3.63, 3.8) is 0 Å². The minimum atomic E-state index is -1.30. The van der Waals surface area contributed by atoms with Gasteiger partial charge in [0.1, 0.15) is 5.92 Å². The molecule has 1 aromatic carbocycles. The van der Waals surface area contributed by atoms with E-state index in [1.165, 1.54) is 19.2 Å². The van der Waals surface area contributed by atoms with Crippen LogP contribution in [0.15, 0.2) is 34.9 Å². The maximum Gasteiger partial charge on any atom is 0.337 e. The molecule has 1 aliphatic heterocycles. The summed E-state index contributed by atoms with van der Waals surface area (Å²) in [5, 5.41) is 12.8. The second kappa shape index (κ2) is 11.7. The summed E-state index contributed by atoms with van der Waals surface area (Å²) < 4.78 is 9.53. The zero-order valence-electron chi connectivity index (χ0n) is 20.1. The molecule has 0 fully saturated rings. The van der Waals surface area contributed by atoms with E-state index in [9.17, 15) is 24.4 Å². The normalized spacial score (nSPS) is 17.8. The van der Waals surface area contributed by atoms with E-state index in [4.69, 9.17) is 9.47 Å². The number of carbonyl (C=O) groups excluding carboxylic acids is 4. The molecule has 1 N–H and O–H groups in total. The lowest BCUT2D eigenvalue weighted by Crippen LogP contribution is -2.45. The fourth-order valence-electron chi connectivity index (χ4n) is 4.00. The monoisotopic (exact) mass is 487 g/mol. The van der Waals surface area contributed by atoms with Gasteiger partial charge in [-0.25, -0.2) is 4.79 Å². The molecule has 34 heavy (non-hydrogen) atoms. The van der Waals surface area contributed by atoms with E-state index in [-0.39, 0.29) is 39.9 Å². The largest absolute Gasteiger partial charge is 0.468 e. The fourth-order valence-corrected chi connectivity index (χ4v) is 4.92. The minimum Gasteiger partial charge on any atom is -0.468 e. The Morgan fingerprint density at radius 2 is 1.68 bits per heavy atom. The van der Waals surface area contributed by atoms with Gasteiger partial charge in [-0.2, -0.15) is 5.26 Å². The second-order valence-electron chi connectivity index (χ2n) is 8.21. The first-order valence-electron chi connectivity index (χ1n) is 10.7. The first-order chi connectivity index (χ1) is 16.1. The third-order valence-electron chi connectivity index (χ3n) is 5.42. The quantitative estimate of drug-likeness (QED) is 0.438. The van der Waals surface area contributed by atoms with E-state index in [1.54, 1.807) is 17.0 Å². The molecule has 1 aromatic rings. The van der Waals surface area contributed by atoms with Gasteiger partial charge in [0.15, 0.2) is 0 Å². The minimum absolute atomic E-state index is 0.00798. The van der Waals surface area contributed by atoms with Crippen LogP contribution in [0.5, 0.6) is 0 Å². The van der Waals surface area contributed by atoms with Crippen LogP contribution in [0.1, 0.15) is 49.5 Å². The number of benzene rings is 1. The Morgan fingerprint density at radius 1 is 1.09 bits per heavy atom. The summed E-state index contributed by atoms with van der Waals surface area (Å²) in [4.78, 5) is 51.8. The highest BCUT2D eigenvalue weighted by Gasteiger charge is 2.44. The highest BCUT2D eigenvalue weighted by molar-refractivity contribution is 8.03. The summed E-state index contributed by atoms with van der Waals surface area (Å²) in [5.74, 6) is -4.33. The van der Waals surface area contributed by atoms with Gasteiger partial charge in [-0.3, -0.25) is 14.4 Å². The summed E-state index contributed by atoms with van der Waals surface area (Å²) in [6.07, 6.45) is 0. The van der Waals surface area contributed by atoms with Gasteiger partial charge in [0.2, 0.25) is 11.8 Å². The molecule has 2 rings (SSSR count). The highest BCUT2D eigenvalue weighted by Crippen LogP contribution is 2.40. The number of amides is 2. The van der Waals surface area contributed by atoms with Gasteiger partial charge in [0.05, 0.1) is 42.2 Å². The Bertz CT molecular complexity index is 1020. The number of rotatable bonds is 8. The molecule has 1 aliphatic rings. The predicted octanol–water partition coefficient (Wildman–Crippen LogP) is 2.59. The van der Waals surface area contributed by atoms with Gasteiger partial charge in [-0.05, 0) is 45.4 Å². The molecule has 0 bridgehead atoms. The van der Waals surface area contributed by atoms with Crippen molar-refractivity contribution in [1.82, 2.24) is 10.2 Å². The Morgan fingerprint density at radius 3 is 2.15 bits per heavy atom. The van der Waals surface area contributed by atoms with Crippen molar-refractivity contribution < 1.29 is 28.7 Å². The van der Waals surface area contributed by atoms with Crippen molar-refractivity contribution in [3.05, 3.63) is 46.0 Å². The molecule has 1 heterocycles. The average Bonchev–Trinajstić information content (AvgIpc) is 2.80. The van der Waals surface area contributed by atoms with Crippen molar-refractivity contribution in [2.45, 2.75) is 45.7 Å². The highest BCUT2D eigenvalue weighted by atomic mass is 32.2. The summed E-state index contributed by atoms with van der Waals surface area (Å²) in [6, 6.07) is 8.20. The van der Waals surface area contributed by atoms with Crippen LogP contribution in [0.3, 0.4) is 0 Å². The van der Waals surface area contributed by atoms with E-state index in [1.807, 2.05) is 27.7 Å². The molecule has 0 radical (unpaired) electrons. The van der Waals surface area contributed by atoms with Crippen molar-refractivity contribution in [3.8, 4) is 6.07 Å². The van der Waals surface area contributed by atoms with E-state index in [0.29, 0.717) is 5.56 Å². The number of hydrogen-bond acceptors (Lipinski definition) is 8. The molecule has 0 unspecified atom stereocenters. The lowest BCUT2D eigenvalue weighted by atomic mass is 9.78. The van der Waals surface area contributed by atoms with Gasteiger partial charge in [-0.15, -0.1) is 0 Å². The number of hydrogen-bond donors (Lipinski definition) is 1. The zero-order chi connectivity index (χ0) is 25.6. The van der Waals surface area contributed by atoms with E-state index >= 15 is 0 Å². The Labute approximate surface area is 203 Å². The summed E-state index contributed by atoms with van der Waals surface area (Å²) in [7, 11) is 2.42. The number of esters is 2. The van der Waals surface area contributed by atoms with Crippen molar-refractivity contribution in [2.24, 2.45) is 5.92 Å². The first kappa shape index (κ1) is 26.9. The zero-order valence-corrected chi connectivity index (χ0v) is 20.9. The van der Waals surface area contributed by atoms with Crippen molar-refractivity contribution >= 4 is 35.5 Å². The number of nitrogens with one attached hydrogen (secondary N) is 1. The third kappa shape index (κ3) is 5.78. The van der Waals surface area contributed by atoms with E-state index in [0.717, 1.165) is 18.9 Å². The number of carbonyl (C=O) groups is 4. The van der Waals surface area contributed by atoms with Crippen molar-refractivity contribution in [2.75, 3.05) is 20.0 Å². The van der Waals surface area contributed by atoms with Crippen LogP contribution in [0, 0.1) is 17.2 Å². The number of allylic oxidation sites excluding steroid dienone is 1. The number of ether oxygens (including phenoxy) is 2. The summed E-state index contributed by atoms with van der Waals surface area (Å²) >= 11 is 1.04. The maximum atomic E-state index is 12.9. The summed E-state index contributed by atoms with van der Waals surface area (Å²) in [6.45, 7) is 7.67. The second-order valence-corrected chi connectivity index (χ2v) is 9.20. The number of thioether (sulfide) groups is 1. The third-order valence-corrected chi connectivity index (χ3v) is 6.42. The average molecular weight is 488 g/mol. The number of methoxy groups -OCH3 is 2. The predicted molar refractivity (Wildman–Crippen MR) is 126 cm³/mol. The molecule has 0 aromatic heterocycles. The summed E-state index contributed by atoms with van der Waals surface area (Å²) in [5.41, 5.74) is 0.899. The lowest BCUT2D eigenvalue weighted by molar-refractivity contribution is -0.150. The van der Waals surface area contributed by atoms with Gasteiger partial charge < -0.3 is 19.7 Å². The van der Waals surface area contributed by atoms with Gasteiger partial charge in [-0.1, -0.05) is 23.9 Å². The molecule has 9 nitrogen and oxygen atoms in total. The Hall–Kier alpha value is -3.32. The van der Waals surface area contributed by atoms with Crippen LogP contribution in [-0.4, -0.2) is 60.7 Å². The van der Waals surface area contributed by atoms with Crippen LogP contribution in [0.2, 0.25) is 0 Å². The van der Waals surface area contributed by atoms with Crippen LogP contribution in [0.4, 0.5) is 0 Å². The van der Waals surface area contributed by atoms with Crippen LogP contribution >= 0.6 is 11.8 Å². The molecule has 2 atom stereocenters. The smallest absolute Gasteiger partial charge is 0.337 e. The van der Waals surface area contributed by atoms with E-state index < -0.39 is 29.7 Å². The SMILES string of the molecule is COC(=O)c1ccc([C@H]2C(C#N)=C(SCC(=O)N(C(C)C)C(C)C)NC(=O)[C@@H]2C(=O)OC)cc1. The topological polar surface area (TPSA) is 126 Å². The molecule has 0 aliphatic carbocycles. The number of nitrogens with zero attached hydrogens (tertiary/aromatic N) is 2. The molecule has 0 spiro atoms. The Kier molecular flexibility index (Phi) is 9.27. The van der Waals surface area contributed by atoms with Crippen LogP contribution in [-0.2, 0) is 23.9 Å². The molecule has 0 saturated heterocycles. The molecule has 2 amide bonds. The first-order valence-corrected chi connectivity index (χ1v) is 11.7. The molecular formula is C24H29N3O6S. The maximum absolute atomic E-state index is 12.9. The standard InChI is InChI=1S/C24H29N3O6S/c1-13(2)27(14(3)4)18(28)12-34-22-17(11-25)19(20(21(29)26-22)24(31)33-6)15-7-9-16(10-8-15)23(30)32-5/h7-10,13-14,19-20H,12H2,1-6H3,(H,26,29)/t19-,20+/m0/s1. The Balaban J connectivity index is 2.48. The van der Waals surface area contributed by atoms with Crippen molar-refractivity contribution in [1.29, 1.82) is 5.26 Å². The van der Waals surface area contributed by atoms with Crippen LogP contribution < -0.4 is 5.32 Å².